The molecule has 0 radical (unpaired) electrons. The molecule has 0 aliphatic heterocycles. The van der Waals surface area contributed by atoms with Gasteiger partial charge in [-0.15, -0.1) is 0 Å². The number of ether oxygens (including phenoxy) is 1. The minimum absolute atomic E-state index is 0.0880. The van der Waals surface area contributed by atoms with Crippen molar-refractivity contribution in [2.45, 2.75) is 44.4 Å². The van der Waals surface area contributed by atoms with Gasteiger partial charge in [0, 0.05) is 5.02 Å². The summed E-state index contributed by atoms with van der Waals surface area (Å²) in [7, 11) is -1.81. The van der Waals surface area contributed by atoms with E-state index in [2.05, 4.69) is 9.46 Å². The molecule has 2 atom stereocenters. The molecule has 1 aromatic rings. The van der Waals surface area contributed by atoms with Crippen LogP contribution < -0.4 is 4.72 Å². The number of alkyl halides is 2. The average molecular weight is 368 g/mol. The molecule has 8 heteroatoms. The van der Waals surface area contributed by atoms with Gasteiger partial charge >= 0.3 is 11.9 Å². The van der Waals surface area contributed by atoms with Gasteiger partial charge in [-0.3, -0.25) is 0 Å². The molecule has 0 spiro atoms. The highest BCUT2D eigenvalue weighted by molar-refractivity contribution is 7.84. The fourth-order valence-electron chi connectivity index (χ4n) is 1.64. The monoisotopic (exact) mass is 367 g/mol. The van der Waals surface area contributed by atoms with Gasteiger partial charge in [-0.05, 0) is 45.4 Å². The Morgan fingerprint density at radius 3 is 2.26 bits per heavy atom. The van der Waals surface area contributed by atoms with Crippen LogP contribution in [0, 0.1) is 0 Å². The Kier molecular flexibility index (Phi) is 6.68. The highest BCUT2D eigenvalue weighted by atomic mass is 35.5. The summed E-state index contributed by atoms with van der Waals surface area (Å²) in [5, 5.41) is 0.365. The standard InChI is InChI=1S/C15H20ClF2NO3S/c1-5-22-13(20)15(17,18)12(19-23(21)14(2,3)4)10-6-8-11(16)9-7-10/h6-9,12,19H,5H2,1-4H3/t12-,23+/m0/s1. The van der Waals surface area contributed by atoms with Crippen molar-refractivity contribution >= 4 is 28.6 Å². The zero-order chi connectivity index (χ0) is 17.8. The van der Waals surface area contributed by atoms with Crippen molar-refractivity contribution in [2.75, 3.05) is 6.61 Å². The van der Waals surface area contributed by atoms with Gasteiger partial charge in [-0.1, -0.05) is 23.7 Å². The van der Waals surface area contributed by atoms with Crippen molar-refractivity contribution in [3.05, 3.63) is 34.9 Å². The van der Waals surface area contributed by atoms with E-state index < -0.39 is 33.7 Å². The first kappa shape index (κ1) is 20.0. The number of benzene rings is 1. The largest absolute Gasteiger partial charge is 0.462 e. The maximum Gasteiger partial charge on any atom is 0.379 e. The Morgan fingerprint density at radius 2 is 1.83 bits per heavy atom. The van der Waals surface area contributed by atoms with Gasteiger partial charge in [-0.25, -0.2) is 13.7 Å². The van der Waals surface area contributed by atoms with Gasteiger partial charge in [-0.2, -0.15) is 8.78 Å². The number of carbonyl (C=O) groups excluding carboxylic acids is 1. The fraction of sp³-hybridized carbons (Fsp3) is 0.533. The number of halogens is 3. The summed E-state index contributed by atoms with van der Waals surface area (Å²) in [5.41, 5.74) is 0.0880. The van der Waals surface area contributed by atoms with Gasteiger partial charge in [0.2, 0.25) is 0 Å². The summed E-state index contributed by atoms with van der Waals surface area (Å²) in [6.45, 7) is 6.17. The van der Waals surface area contributed by atoms with Gasteiger partial charge in [0.05, 0.1) is 22.3 Å². The van der Waals surface area contributed by atoms with Gasteiger partial charge in [0.15, 0.2) is 0 Å². The molecule has 0 aromatic heterocycles. The maximum atomic E-state index is 14.5. The van der Waals surface area contributed by atoms with Gasteiger partial charge in [0.25, 0.3) is 0 Å². The topological polar surface area (TPSA) is 55.4 Å². The third-order valence-corrected chi connectivity index (χ3v) is 4.71. The molecule has 0 aliphatic carbocycles. The first-order chi connectivity index (χ1) is 10.5. The lowest BCUT2D eigenvalue weighted by atomic mass is 10.0. The van der Waals surface area contributed by atoms with Crippen LogP contribution in [0.15, 0.2) is 24.3 Å². The minimum atomic E-state index is -3.88. The van der Waals surface area contributed by atoms with Crippen LogP contribution >= 0.6 is 11.6 Å². The highest BCUT2D eigenvalue weighted by Gasteiger charge is 2.50. The molecule has 0 amide bonds. The second-order valence-electron chi connectivity index (χ2n) is 5.83. The number of hydrogen-bond acceptors (Lipinski definition) is 3. The van der Waals surface area contributed by atoms with E-state index in [0.717, 1.165) is 0 Å². The lowest BCUT2D eigenvalue weighted by Gasteiger charge is -2.29. The van der Waals surface area contributed by atoms with E-state index in [9.17, 15) is 17.8 Å². The number of esters is 1. The van der Waals surface area contributed by atoms with Gasteiger partial charge in [0.1, 0.15) is 6.04 Å². The molecule has 1 rings (SSSR count). The molecule has 0 heterocycles. The van der Waals surface area contributed by atoms with Crippen LogP contribution in [0.3, 0.4) is 0 Å². The van der Waals surface area contributed by atoms with Crippen LogP contribution in [0.4, 0.5) is 8.78 Å². The summed E-state index contributed by atoms with van der Waals surface area (Å²) in [4.78, 5) is 11.6. The number of rotatable bonds is 6. The quantitative estimate of drug-likeness (QED) is 0.781. The predicted molar refractivity (Wildman–Crippen MR) is 86.8 cm³/mol. The van der Waals surface area contributed by atoms with Crippen LogP contribution in [0.5, 0.6) is 0 Å². The lowest BCUT2D eigenvalue weighted by Crippen LogP contribution is -2.47. The van der Waals surface area contributed by atoms with Crippen LogP contribution in [-0.2, 0) is 20.5 Å². The van der Waals surface area contributed by atoms with E-state index in [-0.39, 0.29) is 12.2 Å². The smallest absolute Gasteiger partial charge is 0.379 e. The van der Waals surface area contributed by atoms with E-state index in [1.807, 2.05) is 0 Å². The molecular formula is C15H20ClF2NO3S. The zero-order valence-electron chi connectivity index (χ0n) is 13.4. The van der Waals surface area contributed by atoms with E-state index in [1.54, 1.807) is 20.8 Å². The summed E-state index contributed by atoms with van der Waals surface area (Å²) in [5.74, 6) is -5.55. The minimum Gasteiger partial charge on any atom is -0.462 e. The molecule has 0 bridgehead atoms. The average Bonchev–Trinajstić information content (AvgIpc) is 2.44. The van der Waals surface area contributed by atoms with Crippen molar-refractivity contribution in [1.29, 1.82) is 0 Å². The first-order valence-electron chi connectivity index (χ1n) is 6.98. The molecule has 1 aromatic carbocycles. The molecule has 0 fully saturated rings. The van der Waals surface area contributed by atoms with Crippen molar-refractivity contribution < 1.29 is 22.5 Å². The zero-order valence-corrected chi connectivity index (χ0v) is 14.9. The predicted octanol–water partition coefficient (Wildman–Crippen LogP) is 3.63. The van der Waals surface area contributed by atoms with Crippen molar-refractivity contribution in [2.24, 2.45) is 0 Å². The molecule has 0 saturated heterocycles. The van der Waals surface area contributed by atoms with E-state index in [1.165, 1.54) is 31.2 Å². The molecule has 130 valence electrons. The summed E-state index contributed by atoms with van der Waals surface area (Å²) in [6.07, 6.45) is 0. The normalized spacial score (nSPS) is 15.1. The lowest BCUT2D eigenvalue weighted by molar-refractivity contribution is -0.175. The summed E-state index contributed by atoms with van der Waals surface area (Å²) >= 11 is 5.76. The van der Waals surface area contributed by atoms with Crippen molar-refractivity contribution in [1.82, 2.24) is 4.72 Å². The molecule has 1 N–H and O–H groups in total. The van der Waals surface area contributed by atoms with Crippen molar-refractivity contribution in [3.8, 4) is 0 Å². The van der Waals surface area contributed by atoms with Crippen LogP contribution in [0.1, 0.15) is 39.3 Å². The second-order valence-corrected chi connectivity index (χ2v) is 8.26. The van der Waals surface area contributed by atoms with Crippen LogP contribution in [0.2, 0.25) is 5.02 Å². The van der Waals surface area contributed by atoms with E-state index in [0.29, 0.717) is 5.02 Å². The number of hydrogen-bond donors (Lipinski definition) is 1. The number of carbonyl (C=O) groups is 1. The Bertz CT molecular complexity index is 573. The molecule has 4 nitrogen and oxygen atoms in total. The SMILES string of the molecule is CCOC(=O)C(F)(F)[C@@H](N[S@](=O)C(C)(C)C)c1ccc(Cl)cc1. The van der Waals surface area contributed by atoms with Crippen LogP contribution in [0.25, 0.3) is 0 Å². The van der Waals surface area contributed by atoms with Gasteiger partial charge < -0.3 is 4.74 Å². The molecular weight excluding hydrogens is 348 g/mol. The van der Waals surface area contributed by atoms with E-state index in [4.69, 9.17) is 11.6 Å². The molecule has 0 aliphatic rings. The van der Waals surface area contributed by atoms with E-state index >= 15 is 0 Å². The molecule has 0 saturated carbocycles. The second kappa shape index (κ2) is 7.68. The Balaban J connectivity index is 3.23. The fourth-order valence-corrected chi connectivity index (χ4v) is 2.61. The van der Waals surface area contributed by atoms with Crippen molar-refractivity contribution in [3.63, 3.8) is 0 Å². The maximum absolute atomic E-state index is 14.5. The Hall–Kier alpha value is -1.05. The summed E-state index contributed by atoms with van der Waals surface area (Å²) < 4.78 is 47.2. The summed E-state index contributed by atoms with van der Waals surface area (Å²) in [6, 6.07) is 3.76. The third-order valence-electron chi connectivity index (χ3n) is 2.89. The van der Waals surface area contributed by atoms with Crippen LogP contribution in [-0.4, -0.2) is 27.5 Å². The first-order valence-corrected chi connectivity index (χ1v) is 8.51. The molecule has 0 unspecified atom stereocenters. The Labute approximate surface area is 142 Å². The molecule has 23 heavy (non-hydrogen) atoms. The number of nitrogens with one attached hydrogen (secondary N) is 1. The third kappa shape index (κ3) is 5.22. The highest BCUT2D eigenvalue weighted by Crippen LogP contribution is 2.34. The Morgan fingerprint density at radius 1 is 1.30 bits per heavy atom.